The third-order valence-electron chi connectivity index (χ3n) is 3.10. The van der Waals surface area contributed by atoms with E-state index in [-0.39, 0.29) is 29.9 Å². The van der Waals surface area contributed by atoms with Crippen molar-refractivity contribution in [2.45, 2.75) is 23.8 Å². The second kappa shape index (κ2) is 6.56. The van der Waals surface area contributed by atoms with E-state index in [9.17, 15) is 8.42 Å². The van der Waals surface area contributed by atoms with E-state index in [4.69, 9.17) is 10.5 Å². The lowest BCUT2D eigenvalue weighted by Gasteiger charge is -2.13. The SMILES string of the molecule is COc1ccccc1S(=O)(=O)NCC(N)C1CC1.Cl. The summed E-state index contributed by atoms with van der Waals surface area (Å²) in [5.41, 5.74) is 5.88. The summed E-state index contributed by atoms with van der Waals surface area (Å²) in [5.74, 6) is 0.801. The summed E-state index contributed by atoms with van der Waals surface area (Å²) < 4.78 is 31.8. The Labute approximate surface area is 120 Å². The summed E-state index contributed by atoms with van der Waals surface area (Å²) in [5, 5.41) is 0. The van der Waals surface area contributed by atoms with E-state index < -0.39 is 10.0 Å². The molecule has 0 aliphatic heterocycles. The molecule has 1 fully saturated rings. The molecule has 108 valence electrons. The quantitative estimate of drug-likeness (QED) is 0.825. The smallest absolute Gasteiger partial charge is 0.244 e. The predicted octanol–water partition coefficient (Wildman–Crippen LogP) is 1.13. The first-order valence-corrected chi connectivity index (χ1v) is 7.41. The largest absolute Gasteiger partial charge is 0.495 e. The van der Waals surface area contributed by atoms with Crippen LogP contribution in [0.25, 0.3) is 0 Å². The van der Waals surface area contributed by atoms with E-state index >= 15 is 0 Å². The monoisotopic (exact) mass is 306 g/mol. The minimum atomic E-state index is -3.56. The van der Waals surface area contributed by atoms with Gasteiger partial charge in [0.2, 0.25) is 10.0 Å². The van der Waals surface area contributed by atoms with Crippen LogP contribution in [0.4, 0.5) is 0 Å². The van der Waals surface area contributed by atoms with Gasteiger partial charge in [0.25, 0.3) is 0 Å². The molecule has 5 nitrogen and oxygen atoms in total. The molecule has 1 aliphatic rings. The Kier molecular flexibility index (Phi) is 5.61. The van der Waals surface area contributed by atoms with Crippen LogP contribution < -0.4 is 15.2 Å². The summed E-state index contributed by atoms with van der Waals surface area (Å²) in [6, 6.07) is 6.43. The second-order valence-electron chi connectivity index (χ2n) is 4.50. The van der Waals surface area contributed by atoms with Crippen molar-refractivity contribution in [1.82, 2.24) is 4.72 Å². The molecule has 3 N–H and O–H groups in total. The third-order valence-corrected chi connectivity index (χ3v) is 4.56. The van der Waals surface area contributed by atoms with Crippen molar-refractivity contribution in [3.8, 4) is 5.75 Å². The first-order chi connectivity index (χ1) is 8.54. The van der Waals surface area contributed by atoms with Crippen LogP contribution in [0.5, 0.6) is 5.75 Å². The maximum absolute atomic E-state index is 12.1. The molecular weight excluding hydrogens is 288 g/mol. The Morgan fingerprint density at radius 3 is 2.63 bits per heavy atom. The number of hydrogen-bond donors (Lipinski definition) is 2. The minimum Gasteiger partial charge on any atom is -0.495 e. The molecule has 1 unspecified atom stereocenters. The van der Waals surface area contributed by atoms with Gasteiger partial charge in [-0.05, 0) is 30.9 Å². The Bertz CT molecular complexity index is 517. The lowest BCUT2D eigenvalue weighted by atomic mass is 10.2. The number of nitrogens with two attached hydrogens (primary N) is 1. The molecule has 0 aromatic heterocycles. The van der Waals surface area contributed by atoms with E-state index in [0.717, 1.165) is 12.8 Å². The van der Waals surface area contributed by atoms with Crippen LogP contribution in [0.1, 0.15) is 12.8 Å². The number of sulfonamides is 1. The zero-order chi connectivity index (χ0) is 13.2. The van der Waals surface area contributed by atoms with Gasteiger partial charge in [-0.15, -0.1) is 12.4 Å². The van der Waals surface area contributed by atoms with Gasteiger partial charge >= 0.3 is 0 Å². The van der Waals surface area contributed by atoms with Crippen molar-refractivity contribution >= 4 is 22.4 Å². The van der Waals surface area contributed by atoms with Crippen LogP contribution in [0.2, 0.25) is 0 Å². The average Bonchev–Trinajstić information content (AvgIpc) is 3.20. The van der Waals surface area contributed by atoms with Crippen molar-refractivity contribution in [2.24, 2.45) is 11.7 Å². The van der Waals surface area contributed by atoms with Crippen molar-refractivity contribution in [3.05, 3.63) is 24.3 Å². The maximum atomic E-state index is 12.1. The summed E-state index contributed by atoms with van der Waals surface area (Å²) >= 11 is 0. The fraction of sp³-hybridized carbons (Fsp3) is 0.500. The van der Waals surface area contributed by atoms with E-state index in [1.165, 1.54) is 13.2 Å². The van der Waals surface area contributed by atoms with Crippen molar-refractivity contribution in [1.29, 1.82) is 0 Å². The second-order valence-corrected chi connectivity index (χ2v) is 6.24. The first kappa shape index (κ1) is 16.2. The third kappa shape index (κ3) is 4.07. The van der Waals surface area contributed by atoms with Gasteiger partial charge in [0.1, 0.15) is 10.6 Å². The molecule has 19 heavy (non-hydrogen) atoms. The van der Waals surface area contributed by atoms with Crippen molar-refractivity contribution in [2.75, 3.05) is 13.7 Å². The van der Waals surface area contributed by atoms with Gasteiger partial charge in [-0.2, -0.15) is 0 Å². The van der Waals surface area contributed by atoms with Crippen LogP contribution >= 0.6 is 12.4 Å². The van der Waals surface area contributed by atoms with E-state index in [2.05, 4.69) is 4.72 Å². The fourth-order valence-corrected chi connectivity index (χ4v) is 3.06. The Morgan fingerprint density at radius 2 is 2.05 bits per heavy atom. The molecule has 1 saturated carbocycles. The van der Waals surface area contributed by atoms with Gasteiger partial charge in [-0.1, -0.05) is 12.1 Å². The Morgan fingerprint density at radius 1 is 1.42 bits per heavy atom. The number of rotatable bonds is 6. The topological polar surface area (TPSA) is 81.4 Å². The summed E-state index contributed by atoms with van der Waals surface area (Å²) in [7, 11) is -2.11. The van der Waals surface area contributed by atoms with Gasteiger partial charge < -0.3 is 10.5 Å². The zero-order valence-corrected chi connectivity index (χ0v) is 12.3. The molecule has 1 aromatic rings. The van der Waals surface area contributed by atoms with Crippen LogP contribution in [0.15, 0.2) is 29.2 Å². The van der Waals surface area contributed by atoms with Crippen LogP contribution in [-0.4, -0.2) is 28.1 Å². The number of halogens is 1. The predicted molar refractivity (Wildman–Crippen MR) is 76.1 cm³/mol. The fourth-order valence-electron chi connectivity index (χ4n) is 1.82. The van der Waals surface area contributed by atoms with Crippen LogP contribution in [0, 0.1) is 5.92 Å². The lowest BCUT2D eigenvalue weighted by molar-refractivity contribution is 0.402. The van der Waals surface area contributed by atoms with Gasteiger partial charge in [0.05, 0.1) is 7.11 Å². The molecule has 0 spiro atoms. The molecule has 0 bridgehead atoms. The van der Waals surface area contributed by atoms with E-state index in [1.807, 2.05) is 0 Å². The van der Waals surface area contributed by atoms with E-state index in [0.29, 0.717) is 11.7 Å². The van der Waals surface area contributed by atoms with E-state index in [1.54, 1.807) is 18.2 Å². The highest BCUT2D eigenvalue weighted by Crippen LogP contribution is 2.31. The van der Waals surface area contributed by atoms with Crippen molar-refractivity contribution < 1.29 is 13.2 Å². The molecule has 2 rings (SSSR count). The maximum Gasteiger partial charge on any atom is 0.244 e. The Hall–Kier alpha value is -0.820. The number of nitrogens with one attached hydrogen (secondary N) is 1. The first-order valence-electron chi connectivity index (χ1n) is 5.93. The molecule has 0 saturated heterocycles. The van der Waals surface area contributed by atoms with Crippen LogP contribution in [0.3, 0.4) is 0 Å². The molecule has 0 radical (unpaired) electrons. The molecule has 1 atom stereocenters. The average molecular weight is 307 g/mol. The minimum absolute atomic E-state index is 0. The summed E-state index contributed by atoms with van der Waals surface area (Å²) in [4.78, 5) is 0.149. The van der Waals surface area contributed by atoms with Gasteiger partial charge in [0.15, 0.2) is 0 Å². The van der Waals surface area contributed by atoms with Gasteiger partial charge in [0, 0.05) is 12.6 Å². The molecular formula is C12H19ClN2O3S. The highest BCUT2D eigenvalue weighted by atomic mass is 35.5. The molecule has 1 aliphatic carbocycles. The summed E-state index contributed by atoms with van der Waals surface area (Å²) in [6.07, 6.45) is 2.19. The molecule has 0 heterocycles. The number of hydrogen-bond acceptors (Lipinski definition) is 4. The highest BCUT2D eigenvalue weighted by molar-refractivity contribution is 7.89. The van der Waals surface area contributed by atoms with Gasteiger partial charge in [-0.25, -0.2) is 13.1 Å². The molecule has 1 aromatic carbocycles. The number of ether oxygens (including phenoxy) is 1. The highest BCUT2D eigenvalue weighted by Gasteiger charge is 2.29. The number of methoxy groups -OCH3 is 1. The summed E-state index contributed by atoms with van der Waals surface area (Å²) in [6.45, 7) is 0.269. The standard InChI is InChI=1S/C12H18N2O3S.ClH/c1-17-11-4-2-3-5-12(11)18(15,16)14-8-10(13)9-6-7-9;/h2-5,9-10,14H,6-8,13H2,1H3;1H. The van der Waals surface area contributed by atoms with Crippen LogP contribution in [-0.2, 0) is 10.0 Å². The molecule has 0 amide bonds. The number of benzene rings is 1. The lowest BCUT2D eigenvalue weighted by Crippen LogP contribution is -2.38. The zero-order valence-electron chi connectivity index (χ0n) is 10.7. The number of para-hydroxylation sites is 1. The van der Waals surface area contributed by atoms with Gasteiger partial charge in [-0.3, -0.25) is 0 Å². The molecule has 7 heteroatoms. The normalized spacial score (nSPS) is 16.5. The van der Waals surface area contributed by atoms with Crippen molar-refractivity contribution in [3.63, 3.8) is 0 Å². The Balaban J connectivity index is 0.00000180.